The lowest BCUT2D eigenvalue weighted by Crippen LogP contribution is -2.41. The molecule has 1 rings (SSSR count). The van der Waals surface area contributed by atoms with Gasteiger partial charge in [-0.05, 0) is 20.3 Å². The van der Waals surface area contributed by atoms with Crippen LogP contribution in [0.2, 0.25) is 0 Å². The largest absolute Gasteiger partial charge is 0.388 e. The van der Waals surface area contributed by atoms with Gasteiger partial charge >= 0.3 is 0 Å². The van der Waals surface area contributed by atoms with Crippen LogP contribution in [0.4, 0.5) is 5.82 Å². The molecule has 0 aromatic carbocycles. The number of thiocarbonyl (C=S) groups is 1. The summed E-state index contributed by atoms with van der Waals surface area (Å²) in [5.74, 6) is 0.826. The second kappa shape index (κ2) is 4.74. The van der Waals surface area contributed by atoms with Crippen molar-refractivity contribution in [1.82, 2.24) is 9.97 Å². The molecular formula is C11H18N4S. The van der Waals surface area contributed by atoms with Crippen molar-refractivity contribution >= 4 is 23.0 Å². The first-order chi connectivity index (χ1) is 7.38. The van der Waals surface area contributed by atoms with Crippen LogP contribution in [0, 0.1) is 0 Å². The third-order valence-electron chi connectivity index (χ3n) is 3.01. The predicted octanol–water partition coefficient (Wildman–Crippen LogP) is 1.74. The first-order valence-electron chi connectivity index (χ1n) is 5.24. The van der Waals surface area contributed by atoms with E-state index in [0.29, 0.717) is 5.69 Å². The van der Waals surface area contributed by atoms with Crippen LogP contribution < -0.4 is 10.6 Å². The van der Waals surface area contributed by atoms with E-state index < -0.39 is 0 Å². The molecule has 0 radical (unpaired) electrons. The zero-order valence-electron chi connectivity index (χ0n) is 10.2. The molecule has 0 fully saturated rings. The van der Waals surface area contributed by atoms with E-state index in [1.165, 1.54) is 0 Å². The van der Waals surface area contributed by atoms with Crippen LogP contribution in [0.5, 0.6) is 0 Å². The van der Waals surface area contributed by atoms with Crippen molar-refractivity contribution in [3.8, 4) is 0 Å². The standard InChI is InChI=1S/C11H18N4S/c1-5-11(2,3)15(4)9-7-13-8(6-14-9)10(12)16/h6-7H,5H2,1-4H3,(H2,12,16). The van der Waals surface area contributed by atoms with Gasteiger partial charge in [-0.1, -0.05) is 19.1 Å². The van der Waals surface area contributed by atoms with Gasteiger partial charge in [0.2, 0.25) is 0 Å². The Morgan fingerprint density at radius 2 is 2.06 bits per heavy atom. The number of rotatable bonds is 4. The smallest absolute Gasteiger partial charge is 0.147 e. The summed E-state index contributed by atoms with van der Waals surface area (Å²) in [6.07, 6.45) is 4.34. The molecule has 5 heteroatoms. The van der Waals surface area contributed by atoms with Crippen LogP contribution in [0.15, 0.2) is 12.4 Å². The Bertz CT molecular complexity index is 372. The third-order valence-corrected chi connectivity index (χ3v) is 3.22. The van der Waals surface area contributed by atoms with E-state index >= 15 is 0 Å². The van der Waals surface area contributed by atoms with Crippen molar-refractivity contribution in [3.05, 3.63) is 18.1 Å². The molecule has 0 amide bonds. The minimum Gasteiger partial charge on any atom is -0.388 e. The number of hydrogen-bond donors (Lipinski definition) is 1. The van der Waals surface area contributed by atoms with Crippen molar-refractivity contribution in [2.75, 3.05) is 11.9 Å². The fourth-order valence-corrected chi connectivity index (χ4v) is 1.27. The molecule has 1 aromatic heterocycles. The third kappa shape index (κ3) is 2.66. The maximum atomic E-state index is 5.47. The van der Waals surface area contributed by atoms with Crippen LogP contribution in [0.1, 0.15) is 32.9 Å². The Hall–Kier alpha value is -1.23. The Balaban J connectivity index is 2.94. The SMILES string of the molecule is CCC(C)(C)N(C)c1cnc(C(N)=S)cn1. The maximum absolute atomic E-state index is 5.47. The molecule has 0 spiro atoms. The molecular weight excluding hydrogens is 220 g/mol. The number of anilines is 1. The molecule has 0 saturated heterocycles. The second-order valence-corrected chi connectivity index (χ2v) is 4.79. The Morgan fingerprint density at radius 1 is 1.44 bits per heavy atom. The summed E-state index contributed by atoms with van der Waals surface area (Å²) in [6, 6.07) is 0. The van der Waals surface area contributed by atoms with Gasteiger partial charge in [0.25, 0.3) is 0 Å². The highest BCUT2D eigenvalue weighted by Crippen LogP contribution is 2.21. The van der Waals surface area contributed by atoms with Crippen molar-refractivity contribution in [3.63, 3.8) is 0 Å². The van der Waals surface area contributed by atoms with Crippen LogP contribution in [0.3, 0.4) is 0 Å². The molecule has 4 nitrogen and oxygen atoms in total. The average Bonchev–Trinajstić information content (AvgIpc) is 2.28. The molecule has 0 atom stereocenters. The molecule has 0 aliphatic rings. The minimum atomic E-state index is 0.0550. The topological polar surface area (TPSA) is 55.0 Å². The summed E-state index contributed by atoms with van der Waals surface area (Å²) in [7, 11) is 2.01. The van der Waals surface area contributed by atoms with Crippen molar-refractivity contribution < 1.29 is 0 Å². The fraction of sp³-hybridized carbons (Fsp3) is 0.545. The van der Waals surface area contributed by atoms with Gasteiger partial charge in [0.1, 0.15) is 16.5 Å². The summed E-state index contributed by atoms with van der Waals surface area (Å²) in [4.78, 5) is 10.9. The molecule has 16 heavy (non-hydrogen) atoms. The molecule has 0 bridgehead atoms. The number of aromatic nitrogens is 2. The molecule has 88 valence electrons. The summed E-state index contributed by atoms with van der Waals surface area (Å²) in [5.41, 5.74) is 6.08. The van der Waals surface area contributed by atoms with Gasteiger partial charge in [-0.15, -0.1) is 0 Å². The highest BCUT2D eigenvalue weighted by Gasteiger charge is 2.22. The van der Waals surface area contributed by atoms with Crippen LogP contribution in [0.25, 0.3) is 0 Å². The van der Waals surface area contributed by atoms with Crippen LogP contribution >= 0.6 is 12.2 Å². The Morgan fingerprint density at radius 3 is 2.44 bits per heavy atom. The normalized spacial score (nSPS) is 11.2. The number of nitrogens with zero attached hydrogens (tertiary/aromatic N) is 3. The number of nitrogens with two attached hydrogens (primary N) is 1. The zero-order valence-corrected chi connectivity index (χ0v) is 11.0. The first-order valence-corrected chi connectivity index (χ1v) is 5.65. The lowest BCUT2D eigenvalue weighted by molar-refractivity contribution is 0.467. The van der Waals surface area contributed by atoms with Gasteiger partial charge in [0.05, 0.1) is 12.4 Å². The highest BCUT2D eigenvalue weighted by molar-refractivity contribution is 7.80. The first kappa shape index (κ1) is 12.8. The monoisotopic (exact) mass is 238 g/mol. The predicted molar refractivity (Wildman–Crippen MR) is 70.7 cm³/mol. The summed E-state index contributed by atoms with van der Waals surface area (Å²) in [6.45, 7) is 6.47. The van der Waals surface area contributed by atoms with Crippen LogP contribution in [-0.2, 0) is 0 Å². The molecule has 1 heterocycles. The van der Waals surface area contributed by atoms with E-state index in [1.807, 2.05) is 7.05 Å². The Kier molecular flexibility index (Phi) is 3.80. The van der Waals surface area contributed by atoms with Gasteiger partial charge < -0.3 is 10.6 Å². The van der Waals surface area contributed by atoms with Gasteiger partial charge in [0, 0.05) is 12.6 Å². The lowest BCUT2D eigenvalue weighted by Gasteiger charge is -2.35. The molecule has 1 aromatic rings. The van der Waals surface area contributed by atoms with Gasteiger partial charge in [0.15, 0.2) is 0 Å². The average molecular weight is 238 g/mol. The fourth-order valence-electron chi connectivity index (χ4n) is 1.17. The molecule has 0 saturated carbocycles. The van der Waals surface area contributed by atoms with E-state index in [9.17, 15) is 0 Å². The summed E-state index contributed by atoms with van der Waals surface area (Å²) in [5, 5.41) is 0. The van der Waals surface area contributed by atoms with Crippen molar-refractivity contribution in [2.45, 2.75) is 32.7 Å². The minimum absolute atomic E-state index is 0.0550. The van der Waals surface area contributed by atoms with E-state index in [2.05, 4.69) is 35.6 Å². The number of hydrogen-bond acceptors (Lipinski definition) is 4. The molecule has 0 aliphatic carbocycles. The second-order valence-electron chi connectivity index (χ2n) is 4.35. The summed E-state index contributed by atoms with van der Waals surface area (Å²) < 4.78 is 0. The van der Waals surface area contributed by atoms with Gasteiger partial charge in [-0.2, -0.15) is 0 Å². The van der Waals surface area contributed by atoms with Gasteiger partial charge in [-0.25, -0.2) is 9.97 Å². The van der Waals surface area contributed by atoms with E-state index in [1.54, 1.807) is 12.4 Å². The molecule has 0 unspecified atom stereocenters. The molecule has 2 N–H and O–H groups in total. The molecule has 0 aliphatic heterocycles. The van der Waals surface area contributed by atoms with E-state index in [-0.39, 0.29) is 10.5 Å². The van der Waals surface area contributed by atoms with Crippen molar-refractivity contribution in [1.29, 1.82) is 0 Å². The highest BCUT2D eigenvalue weighted by atomic mass is 32.1. The quantitative estimate of drug-likeness (QED) is 0.810. The summed E-state index contributed by atoms with van der Waals surface area (Å²) >= 11 is 4.83. The maximum Gasteiger partial charge on any atom is 0.147 e. The van der Waals surface area contributed by atoms with Gasteiger partial charge in [-0.3, -0.25) is 0 Å². The van der Waals surface area contributed by atoms with E-state index in [0.717, 1.165) is 12.2 Å². The zero-order chi connectivity index (χ0) is 12.3. The lowest BCUT2D eigenvalue weighted by atomic mass is 10.0. The van der Waals surface area contributed by atoms with Crippen molar-refractivity contribution in [2.24, 2.45) is 5.73 Å². The van der Waals surface area contributed by atoms with E-state index in [4.69, 9.17) is 18.0 Å². The van der Waals surface area contributed by atoms with Crippen LogP contribution in [-0.4, -0.2) is 27.5 Å². The Labute approximate surface area is 102 Å².